The van der Waals surface area contributed by atoms with Gasteiger partial charge in [0.1, 0.15) is 0 Å². The largest absolute Gasteiger partial charge is 0.381 e. The van der Waals surface area contributed by atoms with Crippen molar-refractivity contribution in [1.29, 1.82) is 0 Å². The maximum atomic E-state index is 5.57. The van der Waals surface area contributed by atoms with Crippen LogP contribution >= 0.6 is 0 Å². The molecule has 0 aliphatic carbocycles. The van der Waals surface area contributed by atoms with Crippen molar-refractivity contribution in [1.82, 2.24) is 15.5 Å². The molecule has 1 fully saturated rings. The molecule has 1 saturated heterocycles. The van der Waals surface area contributed by atoms with Gasteiger partial charge >= 0.3 is 0 Å². The van der Waals surface area contributed by atoms with E-state index in [9.17, 15) is 0 Å². The molecule has 0 aromatic heterocycles. The summed E-state index contributed by atoms with van der Waals surface area (Å²) in [6, 6.07) is 15.1. The molecule has 1 aliphatic rings. The van der Waals surface area contributed by atoms with Gasteiger partial charge in [-0.1, -0.05) is 42.5 Å². The van der Waals surface area contributed by atoms with E-state index in [1.165, 1.54) is 16.3 Å². The van der Waals surface area contributed by atoms with Crippen LogP contribution in [0.3, 0.4) is 0 Å². The second-order valence-corrected chi connectivity index (χ2v) is 7.59. The molecular weight excluding hydrogens is 336 g/mol. The van der Waals surface area contributed by atoms with E-state index >= 15 is 0 Å². The highest BCUT2D eigenvalue weighted by Crippen LogP contribution is 2.26. The first-order chi connectivity index (χ1) is 13.1. The fourth-order valence-corrected chi connectivity index (χ4v) is 3.89. The van der Waals surface area contributed by atoms with Crippen molar-refractivity contribution in [3.8, 4) is 0 Å². The van der Waals surface area contributed by atoms with Crippen molar-refractivity contribution < 1.29 is 4.74 Å². The van der Waals surface area contributed by atoms with Gasteiger partial charge in [-0.05, 0) is 50.2 Å². The highest BCUT2D eigenvalue weighted by atomic mass is 16.5. The maximum absolute atomic E-state index is 5.57. The zero-order valence-electron chi connectivity index (χ0n) is 17.0. The molecule has 2 aromatic rings. The van der Waals surface area contributed by atoms with Crippen molar-refractivity contribution >= 4 is 16.7 Å². The number of hydrogen-bond acceptors (Lipinski definition) is 3. The molecule has 27 heavy (non-hydrogen) atoms. The van der Waals surface area contributed by atoms with E-state index in [4.69, 9.17) is 4.74 Å². The van der Waals surface area contributed by atoms with Gasteiger partial charge in [0.25, 0.3) is 0 Å². The van der Waals surface area contributed by atoms with E-state index in [1.54, 1.807) is 0 Å². The predicted molar refractivity (Wildman–Crippen MR) is 113 cm³/mol. The molecule has 0 bridgehead atoms. The zero-order chi connectivity index (χ0) is 19.3. The van der Waals surface area contributed by atoms with Crippen LogP contribution in [0, 0.1) is 0 Å². The van der Waals surface area contributed by atoms with Crippen molar-refractivity contribution in [2.75, 3.05) is 40.9 Å². The van der Waals surface area contributed by atoms with Crippen LogP contribution in [0.5, 0.6) is 0 Å². The lowest BCUT2D eigenvalue weighted by molar-refractivity contribution is -0.00502. The van der Waals surface area contributed by atoms with Crippen LogP contribution in [-0.2, 0) is 4.74 Å². The van der Waals surface area contributed by atoms with Gasteiger partial charge in [0.05, 0.1) is 6.04 Å². The van der Waals surface area contributed by atoms with E-state index in [-0.39, 0.29) is 11.6 Å². The summed E-state index contributed by atoms with van der Waals surface area (Å²) >= 11 is 0. The van der Waals surface area contributed by atoms with E-state index in [0.29, 0.717) is 0 Å². The number of benzene rings is 2. The second kappa shape index (κ2) is 8.72. The maximum Gasteiger partial charge on any atom is 0.191 e. The Hall–Kier alpha value is -2.11. The molecule has 1 unspecified atom stereocenters. The highest BCUT2D eigenvalue weighted by molar-refractivity contribution is 5.87. The first-order valence-electron chi connectivity index (χ1n) is 9.76. The minimum absolute atomic E-state index is 0.110. The third-order valence-electron chi connectivity index (χ3n) is 5.82. The van der Waals surface area contributed by atoms with Gasteiger partial charge in [-0.2, -0.15) is 0 Å². The fourth-order valence-electron chi connectivity index (χ4n) is 3.89. The molecule has 146 valence electrons. The number of nitrogens with one attached hydrogen (secondary N) is 2. The standard InChI is InChI=1S/C22H32N4O/c1-17(19-11-7-9-18-8-5-6-10-20(18)19)25-21(23-2)24-16-22(26(3)4)12-14-27-15-13-22/h5-11,17H,12-16H2,1-4H3,(H2,23,24,25). The molecule has 5 heteroatoms. The smallest absolute Gasteiger partial charge is 0.191 e. The van der Waals surface area contributed by atoms with Crippen LogP contribution in [-0.4, -0.2) is 57.3 Å². The van der Waals surface area contributed by atoms with E-state index < -0.39 is 0 Å². The summed E-state index contributed by atoms with van der Waals surface area (Å²) in [6.07, 6.45) is 2.06. The Balaban J connectivity index is 1.69. The normalized spacial score (nSPS) is 18.5. The van der Waals surface area contributed by atoms with Gasteiger partial charge in [-0.15, -0.1) is 0 Å². The average Bonchev–Trinajstić information content (AvgIpc) is 2.71. The molecule has 0 radical (unpaired) electrons. The number of rotatable bonds is 5. The molecular formula is C22H32N4O. The van der Waals surface area contributed by atoms with Gasteiger partial charge in [0, 0.05) is 32.3 Å². The molecule has 1 atom stereocenters. The Kier molecular flexibility index (Phi) is 6.34. The Morgan fingerprint density at radius 3 is 2.56 bits per heavy atom. The minimum Gasteiger partial charge on any atom is -0.381 e. The second-order valence-electron chi connectivity index (χ2n) is 7.59. The number of hydrogen-bond donors (Lipinski definition) is 2. The summed E-state index contributed by atoms with van der Waals surface area (Å²) in [5, 5.41) is 9.66. The first kappa shape index (κ1) is 19.6. The Morgan fingerprint density at radius 1 is 1.15 bits per heavy atom. The van der Waals surface area contributed by atoms with Gasteiger partial charge in [0.15, 0.2) is 5.96 Å². The van der Waals surface area contributed by atoms with Gasteiger partial charge < -0.3 is 20.3 Å². The molecule has 3 rings (SSSR count). The lowest BCUT2D eigenvalue weighted by Gasteiger charge is -2.43. The molecule has 2 aromatic carbocycles. The molecule has 5 nitrogen and oxygen atoms in total. The molecule has 2 N–H and O–H groups in total. The Labute approximate surface area is 162 Å². The minimum atomic E-state index is 0.110. The number of fused-ring (bicyclic) bond motifs is 1. The fraction of sp³-hybridized carbons (Fsp3) is 0.500. The summed E-state index contributed by atoms with van der Waals surface area (Å²) in [4.78, 5) is 6.78. The summed E-state index contributed by atoms with van der Waals surface area (Å²) in [5.41, 5.74) is 1.39. The monoisotopic (exact) mass is 368 g/mol. The number of likely N-dealkylation sites (N-methyl/N-ethyl adjacent to an activating group) is 1. The van der Waals surface area contributed by atoms with Crippen molar-refractivity contribution in [3.05, 3.63) is 48.0 Å². The lowest BCUT2D eigenvalue weighted by atomic mass is 9.88. The highest BCUT2D eigenvalue weighted by Gasteiger charge is 2.34. The SMILES string of the molecule is CN=C(NCC1(N(C)C)CCOCC1)NC(C)c1cccc2ccccc12. The van der Waals surface area contributed by atoms with Crippen molar-refractivity contribution in [2.24, 2.45) is 4.99 Å². The first-order valence-corrected chi connectivity index (χ1v) is 9.76. The Morgan fingerprint density at radius 2 is 1.85 bits per heavy atom. The molecule has 0 saturated carbocycles. The molecule has 0 amide bonds. The number of guanidine groups is 1. The van der Waals surface area contributed by atoms with Crippen molar-refractivity contribution in [3.63, 3.8) is 0 Å². The van der Waals surface area contributed by atoms with Crippen LogP contribution in [0.1, 0.15) is 31.4 Å². The number of ether oxygens (including phenoxy) is 1. The molecule has 1 heterocycles. The third-order valence-corrected chi connectivity index (χ3v) is 5.82. The van der Waals surface area contributed by atoms with E-state index in [1.807, 2.05) is 7.05 Å². The van der Waals surface area contributed by atoms with E-state index in [2.05, 4.69) is 84.0 Å². The quantitative estimate of drug-likeness (QED) is 0.629. The van der Waals surface area contributed by atoms with Crippen LogP contribution in [0.2, 0.25) is 0 Å². The lowest BCUT2D eigenvalue weighted by Crippen LogP contribution is -2.57. The average molecular weight is 369 g/mol. The number of nitrogens with zero attached hydrogens (tertiary/aromatic N) is 2. The summed E-state index contributed by atoms with van der Waals surface area (Å²) < 4.78 is 5.57. The third kappa shape index (κ3) is 4.42. The van der Waals surface area contributed by atoms with Gasteiger partial charge in [-0.25, -0.2) is 0 Å². The molecule has 1 aliphatic heterocycles. The predicted octanol–water partition coefficient (Wildman–Crippen LogP) is 3.18. The van der Waals surface area contributed by atoms with Crippen LogP contribution < -0.4 is 10.6 Å². The number of aliphatic imine (C=N–C) groups is 1. The summed E-state index contributed by atoms with van der Waals surface area (Å²) in [7, 11) is 6.14. The van der Waals surface area contributed by atoms with Crippen LogP contribution in [0.15, 0.2) is 47.5 Å². The van der Waals surface area contributed by atoms with Crippen molar-refractivity contribution in [2.45, 2.75) is 31.3 Å². The van der Waals surface area contributed by atoms with Crippen LogP contribution in [0.25, 0.3) is 10.8 Å². The summed E-state index contributed by atoms with van der Waals surface area (Å²) in [6.45, 7) is 4.67. The van der Waals surface area contributed by atoms with Gasteiger partial charge in [-0.3, -0.25) is 4.99 Å². The van der Waals surface area contributed by atoms with E-state index in [0.717, 1.165) is 38.6 Å². The summed E-state index contributed by atoms with van der Waals surface area (Å²) in [5.74, 6) is 0.836. The van der Waals surface area contributed by atoms with Gasteiger partial charge in [0.2, 0.25) is 0 Å². The van der Waals surface area contributed by atoms with Crippen LogP contribution in [0.4, 0.5) is 0 Å². The molecule has 0 spiro atoms. The topological polar surface area (TPSA) is 48.9 Å². The Bertz CT molecular complexity index is 775. The zero-order valence-corrected chi connectivity index (χ0v) is 17.0.